The lowest BCUT2D eigenvalue weighted by molar-refractivity contribution is 0.649. The monoisotopic (exact) mass is 180 g/mol. The molecule has 12 heavy (non-hydrogen) atoms. The molecule has 1 aromatic carbocycles. The van der Waals surface area contributed by atoms with Crippen molar-refractivity contribution in [2.75, 3.05) is 0 Å². The van der Waals surface area contributed by atoms with E-state index in [1.807, 2.05) is 0 Å². The smallest absolute Gasteiger partial charge is 0.0249 e. The highest BCUT2D eigenvalue weighted by atomic mass is 31.0. The van der Waals surface area contributed by atoms with Gasteiger partial charge >= 0.3 is 0 Å². The zero-order valence-corrected chi connectivity index (χ0v) is 9.25. The Labute approximate surface area is 77.6 Å². The molecule has 1 atom stereocenters. The summed E-state index contributed by atoms with van der Waals surface area (Å²) in [7, 11) is 2.81. The average molecular weight is 180 g/mol. The molecule has 1 rings (SSSR count). The first-order valence-electron chi connectivity index (χ1n) is 4.44. The van der Waals surface area contributed by atoms with Crippen LogP contribution in [-0.4, -0.2) is 0 Å². The van der Waals surface area contributed by atoms with Crippen LogP contribution >= 0.6 is 9.24 Å². The minimum absolute atomic E-state index is 0.743. The lowest BCUT2D eigenvalue weighted by Gasteiger charge is -2.08. The summed E-state index contributed by atoms with van der Waals surface area (Å²) in [6.45, 7) is 6.64. The topological polar surface area (TPSA) is 0 Å². The van der Waals surface area contributed by atoms with E-state index in [4.69, 9.17) is 0 Å². The maximum Gasteiger partial charge on any atom is -0.0249 e. The van der Waals surface area contributed by atoms with Crippen molar-refractivity contribution < 1.29 is 0 Å². The lowest BCUT2D eigenvalue weighted by Crippen LogP contribution is -2.05. The molecule has 0 aromatic heterocycles. The quantitative estimate of drug-likeness (QED) is 0.614. The van der Waals surface area contributed by atoms with Gasteiger partial charge in [-0.25, -0.2) is 0 Å². The third kappa shape index (κ3) is 2.60. The van der Waals surface area contributed by atoms with Gasteiger partial charge in [-0.3, -0.25) is 0 Å². The van der Waals surface area contributed by atoms with Crippen molar-refractivity contribution in [3.63, 3.8) is 0 Å². The molecule has 0 fully saturated rings. The summed E-state index contributed by atoms with van der Waals surface area (Å²) >= 11 is 0. The molecule has 0 bridgehead atoms. The summed E-state index contributed by atoms with van der Waals surface area (Å²) in [5.41, 5.74) is 2.80. The maximum absolute atomic E-state index is 2.81. The van der Waals surface area contributed by atoms with E-state index in [0.29, 0.717) is 0 Å². The summed E-state index contributed by atoms with van der Waals surface area (Å²) in [5, 5.41) is 1.35. The van der Waals surface area contributed by atoms with Crippen molar-refractivity contribution in [1.29, 1.82) is 0 Å². The van der Waals surface area contributed by atoms with Crippen LogP contribution in [0, 0.1) is 12.8 Å². The molecule has 0 nitrogen and oxygen atoms in total. The van der Waals surface area contributed by atoms with Crippen molar-refractivity contribution in [2.45, 2.75) is 27.2 Å². The van der Waals surface area contributed by atoms with Crippen LogP contribution in [0.1, 0.15) is 25.0 Å². The second-order valence-electron chi connectivity index (χ2n) is 3.80. The van der Waals surface area contributed by atoms with Crippen molar-refractivity contribution in [3.05, 3.63) is 29.3 Å². The molecular formula is C11H17P. The minimum Gasteiger partial charge on any atom is -0.105 e. The number of rotatable bonds is 2. The van der Waals surface area contributed by atoms with Gasteiger partial charge in [0, 0.05) is 0 Å². The van der Waals surface area contributed by atoms with E-state index < -0.39 is 0 Å². The van der Waals surface area contributed by atoms with Gasteiger partial charge in [-0.1, -0.05) is 37.6 Å². The number of hydrogen-bond acceptors (Lipinski definition) is 0. The van der Waals surface area contributed by atoms with Gasteiger partial charge in [-0.2, -0.15) is 0 Å². The molecule has 0 amide bonds. The second kappa shape index (κ2) is 4.05. The van der Waals surface area contributed by atoms with Crippen LogP contribution in [0.2, 0.25) is 0 Å². The minimum atomic E-state index is 0.743. The van der Waals surface area contributed by atoms with Gasteiger partial charge < -0.3 is 0 Å². The molecule has 1 heteroatoms. The van der Waals surface area contributed by atoms with E-state index in [1.54, 1.807) is 0 Å². The van der Waals surface area contributed by atoms with Crippen molar-refractivity contribution in [1.82, 2.24) is 0 Å². The highest BCUT2D eigenvalue weighted by molar-refractivity contribution is 7.27. The summed E-state index contributed by atoms with van der Waals surface area (Å²) < 4.78 is 0. The fourth-order valence-electron chi connectivity index (χ4n) is 1.34. The Morgan fingerprint density at radius 1 is 1.33 bits per heavy atom. The molecule has 1 unspecified atom stereocenters. The third-order valence-corrected chi connectivity index (χ3v) is 2.47. The fraction of sp³-hybridized carbons (Fsp3) is 0.455. The van der Waals surface area contributed by atoms with E-state index in [9.17, 15) is 0 Å². The average Bonchev–Trinajstić information content (AvgIpc) is 1.94. The molecule has 1 aromatic rings. The Morgan fingerprint density at radius 3 is 2.50 bits per heavy atom. The van der Waals surface area contributed by atoms with Crippen LogP contribution < -0.4 is 5.30 Å². The summed E-state index contributed by atoms with van der Waals surface area (Å²) in [4.78, 5) is 0. The fourth-order valence-corrected chi connectivity index (χ4v) is 1.82. The van der Waals surface area contributed by atoms with Crippen molar-refractivity contribution in [3.8, 4) is 0 Å². The Hall–Kier alpha value is -0.350. The van der Waals surface area contributed by atoms with Crippen LogP contribution in [0.15, 0.2) is 18.2 Å². The maximum atomic E-state index is 2.81. The van der Waals surface area contributed by atoms with Crippen molar-refractivity contribution >= 4 is 14.5 Å². The van der Waals surface area contributed by atoms with Gasteiger partial charge in [0.05, 0.1) is 0 Å². The highest BCUT2D eigenvalue weighted by Gasteiger charge is 2.00. The van der Waals surface area contributed by atoms with Gasteiger partial charge in [0.1, 0.15) is 0 Å². The first kappa shape index (κ1) is 9.74. The lowest BCUT2D eigenvalue weighted by atomic mass is 10.0. The van der Waals surface area contributed by atoms with Crippen LogP contribution in [0.4, 0.5) is 0 Å². The Kier molecular flexibility index (Phi) is 3.29. The van der Waals surface area contributed by atoms with E-state index in [0.717, 1.165) is 5.92 Å². The number of hydrogen-bond donors (Lipinski definition) is 0. The molecule has 0 saturated carbocycles. The largest absolute Gasteiger partial charge is 0.105 e. The Balaban J connectivity index is 2.86. The highest BCUT2D eigenvalue weighted by Crippen LogP contribution is 2.09. The molecule has 0 N–H and O–H groups in total. The first-order valence-corrected chi connectivity index (χ1v) is 5.02. The van der Waals surface area contributed by atoms with Gasteiger partial charge in [-0.05, 0) is 30.1 Å². The SMILES string of the molecule is Cc1ccc(CC(C)C)c(P)c1. The zero-order chi connectivity index (χ0) is 9.14. The molecule has 66 valence electrons. The number of aryl methyl sites for hydroxylation is 1. The van der Waals surface area contributed by atoms with Crippen LogP contribution in [0.5, 0.6) is 0 Å². The molecule has 0 radical (unpaired) electrons. The summed E-state index contributed by atoms with van der Waals surface area (Å²) in [6, 6.07) is 6.64. The zero-order valence-electron chi connectivity index (χ0n) is 8.09. The second-order valence-corrected chi connectivity index (χ2v) is 4.42. The molecule has 0 saturated heterocycles. The Morgan fingerprint density at radius 2 is 2.00 bits per heavy atom. The number of benzene rings is 1. The van der Waals surface area contributed by atoms with Gasteiger partial charge in [-0.15, -0.1) is 9.24 Å². The van der Waals surface area contributed by atoms with E-state index in [2.05, 4.69) is 48.2 Å². The predicted octanol–water partition coefficient (Wildman–Crippen LogP) is 2.69. The van der Waals surface area contributed by atoms with Crippen molar-refractivity contribution in [2.24, 2.45) is 5.92 Å². The molecule has 0 heterocycles. The normalized spacial score (nSPS) is 10.8. The molecular weight excluding hydrogens is 163 g/mol. The Bertz CT molecular complexity index is 264. The van der Waals surface area contributed by atoms with E-state index >= 15 is 0 Å². The standard InChI is InChI=1S/C11H17P/c1-8(2)6-10-5-4-9(3)7-11(10)12/h4-5,7-8H,6,12H2,1-3H3. The van der Waals surface area contributed by atoms with E-state index in [-0.39, 0.29) is 0 Å². The van der Waals surface area contributed by atoms with Crippen LogP contribution in [0.25, 0.3) is 0 Å². The third-order valence-electron chi connectivity index (χ3n) is 1.93. The molecule has 0 aliphatic carbocycles. The van der Waals surface area contributed by atoms with Crippen LogP contribution in [0.3, 0.4) is 0 Å². The van der Waals surface area contributed by atoms with Gasteiger partial charge in [0.25, 0.3) is 0 Å². The molecule has 0 aliphatic rings. The molecule has 0 aliphatic heterocycles. The predicted molar refractivity (Wildman–Crippen MR) is 59.1 cm³/mol. The molecule has 0 spiro atoms. The van der Waals surface area contributed by atoms with Gasteiger partial charge in [0.2, 0.25) is 0 Å². The van der Waals surface area contributed by atoms with E-state index in [1.165, 1.54) is 22.9 Å². The van der Waals surface area contributed by atoms with Gasteiger partial charge in [0.15, 0.2) is 0 Å². The summed E-state index contributed by atoms with van der Waals surface area (Å²) in [6.07, 6.45) is 1.18. The summed E-state index contributed by atoms with van der Waals surface area (Å²) in [5.74, 6) is 0.743. The van der Waals surface area contributed by atoms with Crippen LogP contribution in [-0.2, 0) is 6.42 Å². The first-order chi connectivity index (χ1) is 5.59.